The molecule has 1 N–H and O–H groups in total. The number of carbonyl (C=O) groups excluding carboxylic acids is 2. The zero-order chi connectivity index (χ0) is 23.5. The van der Waals surface area contributed by atoms with E-state index in [4.69, 9.17) is 0 Å². The fraction of sp³-hybridized carbons (Fsp3) is 0.0952. The van der Waals surface area contributed by atoms with Crippen LogP contribution in [0.2, 0.25) is 0 Å². The van der Waals surface area contributed by atoms with E-state index in [0.29, 0.717) is 30.0 Å². The van der Waals surface area contributed by atoms with Crippen molar-refractivity contribution in [3.63, 3.8) is 0 Å². The highest BCUT2D eigenvalue weighted by Gasteiger charge is 2.36. The van der Waals surface area contributed by atoms with Crippen LogP contribution in [0.4, 0.5) is 32.2 Å². The van der Waals surface area contributed by atoms with Gasteiger partial charge in [0.1, 0.15) is 5.82 Å². The van der Waals surface area contributed by atoms with Gasteiger partial charge in [0.15, 0.2) is 5.78 Å². The standard InChI is InChI=1S/C21H12F6N2O2S/c22-20(23,24)14-6-4-12(5-7-14)18(30)17(19(31)29-16-3-1-2-9-28-16)13-8-10-32-15(11-13)21(25,26)27/h1-11H,(H,28,29,31)/b17-13-. The highest BCUT2D eigenvalue weighted by Crippen LogP contribution is 2.39. The summed E-state index contributed by atoms with van der Waals surface area (Å²) < 4.78 is 77.9. The van der Waals surface area contributed by atoms with E-state index >= 15 is 0 Å². The van der Waals surface area contributed by atoms with Gasteiger partial charge in [-0.15, -0.1) is 0 Å². The molecular formula is C21H12F6N2O2S. The molecule has 0 saturated heterocycles. The number of nitrogens with one attached hydrogen (secondary N) is 1. The van der Waals surface area contributed by atoms with Crippen molar-refractivity contribution in [3.8, 4) is 0 Å². The molecule has 0 saturated carbocycles. The summed E-state index contributed by atoms with van der Waals surface area (Å²) in [5.74, 6) is -2.07. The number of hydrogen-bond acceptors (Lipinski definition) is 4. The number of rotatable bonds is 4. The molecule has 32 heavy (non-hydrogen) atoms. The Morgan fingerprint density at radius 1 is 0.906 bits per heavy atom. The fourth-order valence-electron chi connectivity index (χ4n) is 2.64. The first kappa shape index (κ1) is 23.3. The third kappa shape index (κ3) is 5.47. The highest BCUT2D eigenvalue weighted by molar-refractivity contribution is 8.06. The van der Waals surface area contributed by atoms with Gasteiger partial charge in [-0.2, -0.15) is 26.3 Å². The first-order valence-corrected chi connectivity index (χ1v) is 9.65. The minimum absolute atomic E-state index is 0.0324. The Labute approximate surface area is 181 Å². The number of Topliss-reactive ketones (excluding diaryl/α,β-unsaturated/α-hetero) is 1. The minimum Gasteiger partial charge on any atom is -0.306 e. The largest absolute Gasteiger partial charge is 0.422 e. The van der Waals surface area contributed by atoms with Gasteiger partial charge in [-0.1, -0.05) is 30.0 Å². The molecule has 0 radical (unpaired) electrons. The summed E-state index contributed by atoms with van der Waals surface area (Å²) in [5, 5.41) is 3.38. The minimum atomic E-state index is -4.72. The average Bonchev–Trinajstić information content (AvgIpc) is 2.73. The Morgan fingerprint density at radius 2 is 1.59 bits per heavy atom. The van der Waals surface area contributed by atoms with Crippen LogP contribution in [-0.2, 0) is 11.0 Å². The van der Waals surface area contributed by atoms with Crippen LogP contribution in [0.3, 0.4) is 0 Å². The Kier molecular flexibility index (Phi) is 6.58. The van der Waals surface area contributed by atoms with Crippen LogP contribution in [-0.4, -0.2) is 22.9 Å². The number of ketones is 1. The summed E-state index contributed by atoms with van der Waals surface area (Å²) in [6, 6.07) is 7.50. The van der Waals surface area contributed by atoms with Crippen LogP contribution in [0.1, 0.15) is 15.9 Å². The second kappa shape index (κ2) is 9.03. The second-order valence-electron chi connectivity index (χ2n) is 6.33. The van der Waals surface area contributed by atoms with Gasteiger partial charge in [0, 0.05) is 11.8 Å². The quantitative estimate of drug-likeness (QED) is 0.198. The zero-order valence-electron chi connectivity index (χ0n) is 15.8. The SMILES string of the molecule is O=C(Nc1ccccn1)/C(C(=O)c1ccc(C(F)(F)F)cc1)=C1/C=CSC(C(F)(F)F)=C1. The number of hydrogen-bond donors (Lipinski definition) is 1. The van der Waals surface area contributed by atoms with Crippen LogP contribution >= 0.6 is 11.8 Å². The molecule has 1 aliphatic rings. The van der Waals surface area contributed by atoms with E-state index < -0.39 is 40.1 Å². The number of thioether (sulfide) groups is 1. The summed E-state index contributed by atoms with van der Waals surface area (Å²) in [6.07, 6.45) is -6.23. The number of halogens is 6. The molecule has 1 aromatic heterocycles. The fourth-order valence-corrected chi connectivity index (χ4v) is 3.33. The number of alkyl halides is 6. The Morgan fingerprint density at radius 3 is 2.16 bits per heavy atom. The number of pyridine rings is 1. The average molecular weight is 470 g/mol. The number of benzene rings is 1. The van der Waals surface area contributed by atoms with Crippen LogP contribution in [0.5, 0.6) is 0 Å². The first-order chi connectivity index (χ1) is 15.0. The summed E-state index contributed by atoms with van der Waals surface area (Å²) >= 11 is 0.360. The number of amides is 1. The second-order valence-corrected chi connectivity index (χ2v) is 7.28. The van der Waals surface area contributed by atoms with Crippen molar-refractivity contribution in [3.05, 3.63) is 93.4 Å². The molecule has 0 spiro atoms. The van der Waals surface area contributed by atoms with Gasteiger partial charge in [-0.05, 0) is 47.4 Å². The predicted molar refractivity (Wildman–Crippen MR) is 107 cm³/mol. The molecule has 0 bridgehead atoms. The van der Waals surface area contributed by atoms with Crippen LogP contribution < -0.4 is 5.32 Å². The van der Waals surface area contributed by atoms with Gasteiger partial charge < -0.3 is 5.32 Å². The Balaban J connectivity index is 2.07. The zero-order valence-corrected chi connectivity index (χ0v) is 16.6. The van der Waals surface area contributed by atoms with Crippen molar-refractivity contribution in [2.45, 2.75) is 12.4 Å². The Bertz CT molecular complexity index is 1120. The maximum Gasteiger partial charge on any atom is 0.422 e. The van der Waals surface area contributed by atoms with E-state index in [-0.39, 0.29) is 17.0 Å². The monoisotopic (exact) mass is 470 g/mol. The number of nitrogens with zero attached hydrogens (tertiary/aromatic N) is 1. The molecule has 3 rings (SSSR count). The summed E-state index contributed by atoms with van der Waals surface area (Å²) in [5.41, 5.74) is -2.33. The molecule has 1 amide bonds. The van der Waals surface area contributed by atoms with Crippen LogP contribution in [0.25, 0.3) is 0 Å². The summed E-state index contributed by atoms with van der Waals surface area (Å²) in [6.45, 7) is 0. The molecule has 1 aromatic carbocycles. The maximum absolute atomic E-state index is 13.2. The van der Waals surface area contributed by atoms with E-state index in [9.17, 15) is 35.9 Å². The van der Waals surface area contributed by atoms with E-state index in [1.54, 1.807) is 6.07 Å². The number of allylic oxidation sites excluding steroid dienone is 4. The third-order valence-corrected chi connectivity index (χ3v) is 5.01. The van der Waals surface area contributed by atoms with Crippen LogP contribution in [0.15, 0.2) is 82.3 Å². The lowest BCUT2D eigenvalue weighted by atomic mass is 9.96. The molecule has 0 unspecified atom stereocenters. The van der Waals surface area contributed by atoms with Gasteiger partial charge in [0.2, 0.25) is 0 Å². The number of aromatic nitrogens is 1. The van der Waals surface area contributed by atoms with Crippen molar-refractivity contribution < 1.29 is 35.9 Å². The third-order valence-electron chi connectivity index (χ3n) is 4.13. The van der Waals surface area contributed by atoms with E-state index in [0.717, 1.165) is 23.6 Å². The normalized spacial score (nSPS) is 15.8. The Hall–Kier alpha value is -3.34. The molecule has 11 heteroatoms. The van der Waals surface area contributed by atoms with Gasteiger partial charge in [-0.25, -0.2) is 4.98 Å². The topological polar surface area (TPSA) is 59.1 Å². The highest BCUT2D eigenvalue weighted by atomic mass is 32.2. The lowest BCUT2D eigenvalue weighted by molar-refractivity contribution is -0.137. The lowest BCUT2D eigenvalue weighted by Gasteiger charge is -2.16. The molecule has 1 aliphatic heterocycles. The lowest BCUT2D eigenvalue weighted by Crippen LogP contribution is -2.23. The molecule has 4 nitrogen and oxygen atoms in total. The number of carbonyl (C=O) groups is 2. The molecule has 2 heterocycles. The van der Waals surface area contributed by atoms with Crippen LogP contribution in [0, 0.1) is 0 Å². The molecular weight excluding hydrogens is 458 g/mol. The van der Waals surface area contributed by atoms with Gasteiger partial charge in [0.25, 0.3) is 5.91 Å². The molecule has 2 aromatic rings. The van der Waals surface area contributed by atoms with Gasteiger partial charge in [0.05, 0.1) is 16.0 Å². The van der Waals surface area contributed by atoms with Gasteiger partial charge >= 0.3 is 12.4 Å². The van der Waals surface area contributed by atoms with E-state index in [1.807, 2.05) is 0 Å². The van der Waals surface area contributed by atoms with Crippen molar-refractivity contribution in [2.24, 2.45) is 0 Å². The van der Waals surface area contributed by atoms with E-state index in [1.165, 1.54) is 18.3 Å². The van der Waals surface area contributed by atoms with Gasteiger partial charge in [-0.3, -0.25) is 9.59 Å². The van der Waals surface area contributed by atoms with Crippen molar-refractivity contribution >= 4 is 29.3 Å². The maximum atomic E-state index is 13.2. The molecule has 0 fully saturated rings. The van der Waals surface area contributed by atoms with E-state index in [2.05, 4.69) is 10.3 Å². The van der Waals surface area contributed by atoms with Crippen molar-refractivity contribution in [1.29, 1.82) is 0 Å². The molecule has 0 aliphatic carbocycles. The first-order valence-electron chi connectivity index (χ1n) is 8.77. The molecule has 166 valence electrons. The predicted octanol–water partition coefficient (Wildman–Crippen LogP) is 5.93. The number of anilines is 1. The smallest absolute Gasteiger partial charge is 0.306 e. The van der Waals surface area contributed by atoms with Crippen molar-refractivity contribution in [1.82, 2.24) is 4.98 Å². The molecule has 0 atom stereocenters. The summed E-state index contributed by atoms with van der Waals surface area (Å²) in [4.78, 5) is 28.7. The summed E-state index contributed by atoms with van der Waals surface area (Å²) in [7, 11) is 0. The van der Waals surface area contributed by atoms with Crippen molar-refractivity contribution in [2.75, 3.05) is 5.32 Å².